The summed E-state index contributed by atoms with van der Waals surface area (Å²) in [5.41, 5.74) is 3.03. The second-order valence-corrected chi connectivity index (χ2v) is 5.97. The van der Waals surface area contributed by atoms with Crippen LogP contribution in [0.2, 0.25) is 0 Å². The van der Waals surface area contributed by atoms with Crippen LogP contribution in [0.4, 0.5) is 0 Å². The van der Waals surface area contributed by atoms with Crippen molar-refractivity contribution in [2.24, 2.45) is 7.05 Å². The van der Waals surface area contributed by atoms with E-state index < -0.39 is 0 Å². The van der Waals surface area contributed by atoms with Crippen LogP contribution in [0.1, 0.15) is 22.6 Å². The van der Waals surface area contributed by atoms with E-state index in [-0.39, 0.29) is 11.8 Å². The maximum absolute atomic E-state index is 13.2. The van der Waals surface area contributed by atoms with Crippen molar-refractivity contribution < 1.29 is 4.79 Å². The Morgan fingerprint density at radius 1 is 1.04 bits per heavy atom. The van der Waals surface area contributed by atoms with Crippen molar-refractivity contribution in [3.05, 3.63) is 89.7 Å². The van der Waals surface area contributed by atoms with E-state index in [0.29, 0.717) is 6.54 Å². The molecule has 0 saturated carbocycles. The van der Waals surface area contributed by atoms with Crippen LogP contribution < -0.4 is 0 Å². The highest BCUT2D eigenvalue weighted by molar-refractivity contribution is 5.87. The molecule has 1 heterocycles. The van der Waals surface area contributed by atoms with Gasteiger partial charge in [-0.1, -0.05) is 60.7 Å². The Morgan fingerprint density at radius 2 is 1.58 bits per heavy atom. The van der Waals surface area contributed by atoms with Gasteiger partial charge in [0.1, 0.15) is 0 Å². The standard InChI is InChI=1S/C20H21N3O/c1-22(14-16-13-21-23(2)15-16)20(24)19(17-9-5-3-6-10-17)18-11-7-4-8-12-18/h3-13,15,19H,14H2,1-2H3. The number of nitrogens with zero attached hydrogens (tertiary/aromatic N) is 3. The molecule has 0 aliphatic rings. The zero-order valence-corrected chi connectivity index (χ0v) is 14.0. The van der Waals surface area contributed by atoms with Gasteiger partial charge in [-0.3, -0.25) is 9.48 Å². The van der Waals surface area contributed by atoms with Crippen molar-refractivity contribution in [3.8, 4) is 0 Å². The molecule has 1 amide bonds. The van der Waals surface area contributed by atoms with Gasteiger partial charge in [0, 0.05) is 32.4 Å². The van der Waals surface area contributed by atoms with E-state index in [1.54, 1.807) is 15.8 Å². The maximum atomic E-state index is 13.2. The molecule has 0 N–H and O–H groups in total. The van der Waals surface area contributed by atoms with E-state index in [0.717, 1.165) is 16.7 Å². The number of hydrogen-bond donors (Lipinski definition) is 0. The SMILES string of the molecule is CN(Cc1cnn(C)c1)C(=O)C(c1ccccc1)c1ccccc1. The molecule has 4 heteroatoms. The monoisotopic (exact) mass is 319 g/mol. The van der Waals surface area contributed by atoms with Crippen LogP contribution in [0, 0.1) is 0 Å². The number of amides is 1. The van der Waals surface area contributed by atoms with Gasteiger partial charge < -0.3 is 4.90 Å². The summed E-state index contributed by atoms with van der Waals surface area (Å²) in [4.78, 5) is 14.9. The third-order valence-electron chi connectivity index (χ3n) is 4.07. The van der Waals surface area contributed by atoms with E-state index in [4.69, 9.17) is 0 Å². The van der Waals surface area contributed by atoms with Crippen LogP contribution in [0.25, 0.3) is 0 Å². The lowest BCUT2D eigenvalue weighted by atomic mass is 9.90. The average Bonchev–Trinajstić information content (AvgIpc) is 3.02. The van der Waals surface area contributed by atoms with Gasteiger partial charge in [-0.05, 0) is 11.1 Å². The fourth-order valence-corrected chi connectivity index (χ4v) is 2.89. The first-order valence-electron chi connectivity index (χ1n) is 7.97. The number of rotatable bonds is 5. The number of benzene rings is 2. The molecular weight excluding hydrogens is 298 g/mol. The zero-order chi connectivity index (χ0) is 16.9. The summed E-state index contributed by atoms with van der Waals surface area (Å²) in [5, 5.41) is 4.17. The molecule has 0 fully saturated rings. The third-order valence-corrected chi connectivity index (χ3v) is 4.07. The van der Waals surface area contributed by atoms with Crippen molar-refractivity contribution in [3.63, 3.8) is 0 Å². The highest BCUT2D eigenvalue weighted by Crippen LogP contribution is 2.27. The molecule has 1 aromatic heterocycles. The predicted molar refractivity (Wildman–Crippen MR) is 94.4 cm³/mol. The Labute approximate surface area is 142 Å². The van der Waals surface area contributed by atoms with Crippen molar-refractivity contribution in [2.75, 3.05) is 7.05 Å². The molecule has 0 radical (unpaired) electrons. The minimum Gasteiger partial charge on any atom is -0.340 e. The number of aryl methyl sites for hydroxylation is 1. The fourth-order valence-electron chi connectivity index (χ4n) is 2.89. The number of hydrogen-bond acceptors (Lipinski definition) is 2. The van der Waals surface area contributed by atoms with E-state index >= 15 is 0 Å². The van der Waals surface area contributed by atoms with Gasteiger partial charge >= 0.3 is 0 Å². The molecule has 3 aromatic rings. The number of carbonyl (C=O) groups excluding carboxylic acids is 1. The molecule has 0 spiro atoms. The molecule has 0 unspecified atom stereocenters. The van der Waals surface area contributed by atoms with Crippen LogP contribution in [-0.2, 0) is 18.4 Å². The normalized spacial score (nSPS) is 10.8. The van der Waals surface area contributed by atoms with Gasteiger partial charge in [-0.15, -0.1) is 0 Å². The maximum Gasteiger partial charge on any atom is 0.234 e. The molecule has 2 aromatic carbocycles. The van der Waals surface area contributed by atoms with E-state index in [2.05, 4.69) is 5.10 Å². The molecular formula is C20H21N3O. The van der Waals surface area contributed by atoms with E-state index in [9.17, 15) is 4.79 Å². The summed E-state index contributed by atoms with van der Waals surface area (Å²) in [6.45, 7) is 0.544. The van der Waals surface area contributed by atoms with E-state index in [1.807, 2.05) is 81.0 Å². The van der Waals surface area contributed by atoms with Gasteiger partial charge in [-0.25, -0.2) is 0 Å². The summed E-state index contributed by atoms with van der Waals surface area (Å²) >= 11 is 0. The molecule has 0 saturated heterocycles. The smallest absolute Gasteiger partial charge is 0.234 e. The summed E-state index contributed by atoms with van der Waals surface area (Å²) in [7, 11) is 3.72. The molecule has 0 bridgehead atoms. The minimum atomic E-state index is -0.297. The Kier molecular flexibility index (Phi) is 4.75. The topological polar surface area (TPSA) is 38.1 Å². The first-order chi connectivity index (χ1) is 11.6. The van der Waals surface area contributed by atoms with Crippen LogP contribution in [-0.4, -0.2) is 27.6 Å². The summed E-state index contributed by atoms with van der Waals surface area (Å²) in [5.74, 6) is -0.217. The lowest BCUT2D eigenvalue weighted by molar-refractivity contribution is -0.131. The highest BCUT2D eigenvalue weighted by Gasteiger charge is 2.25. The van der Waals surface area contributed by atoms with Gasteiger partial charge in [0.2, 0.25) is 5.91 Å². The Balaban J connectivity index is 1.89. The fraction of sp³-hybridized carbons (Fsp3) is 0.200. The summed E-state index contributed by atoms with van der Waals surface area (Å²) < 4.78 is 1.75. The molecule has 0 aliphatic heterocycles. The predicted octanol–water partition coefficient (Wildman–Crippen LogP) is 3.21. The second kappa shape index (κ2) is 7.13. The molecule has 24 heavy (non-hydrogen) atoms. The average molecular weight is 319 g/mol. The molecule has 3 rings (SSSR count). The highest BCUT2D eigenvalue weighted by atomic mass is 16.2. The van der Waals surface area contributed by atoms with Crippen LogP contribution in [0.5, 0.6) is 0 Å². The van der Waals surface area contributed by atoms with Crippen LogP contribution >= 0.6 is 0 Å². The van der Waals surface area contributed by atoms with Crippen molar-refractivity contribution in [1.29, 1.82) is 0 Å². The zero-order valence-electron chi connectivity index (χ0n) is 14.0. The third kappa shape index (κ3) is 3.54. The Hall–Kier alpha value is -2.88. The Morgan fingerprint density at radius 3 is 2.04 bits per heavy atom. The van der Waals surface area contributed by atoms with Gasteiger partial charge in [-0.2, -0.15) is 5.10 Å². The lowest BCUT2D eigenvalue weighted by Gasteiger charge is -2.24. The lowest BCUT2D eigenvalue weighted by Crippen LogP contribution is -2.31. The minimum absolute atomic E-state index is 0.0799. The molecule has 0 aliphatic carbocycles. The molecule has 4 nitrogen and oxygen atoms in total. The number of carbonyl (C=O) groups is 1. The molecule has 122 valence electrons. The van der Waals surface area contributed by atoms with Crippen molar-refractivity contribution in [2.45, 2.75) is 12.5 Å². The van der Waals surface area contributed by atoms with Crippen molar-refractivity contribution >= 4 is 5.91 Å². The summed E-state index contributed by atoms with van der Waals surface area (Å²) in [6, 6.07) is 19.9. The first-order valence-corrected chi connectivity index (χ1v) is 7.97. The van der Waals surface area contributed by atoms with Gasteiger partial charge in [0.25, 0.3) is 0 Å². The first kappa shape index (κ1) is 16.0. The number of aromatic nitrogens is 2. The van der Waals surface area contributed by atoms with Crippen LogP contribution in [0.3, 0.4) is 0 Å². The van der Waals surface area contributed by atoms with Crippen molar-refractivity contribution in [1.82, 2.24) is 14.7 Å². The Bertz CT molecular complexity index is 757. The largest absolute Gasteiger partial charge is 0.340 e. The summed E-state index contributed by atoms with van der Waals surface area (Å²) in [6.07, 6.45) is 3.73. The number of likely N-dealkylation sites (N-methyl/N-ethyl adjacent to an activating group) is 1. The van der Waals surface area contributed by atoms with Crippen LogP contribution in [0.15, 0.2) is 73.1 Å². The second-order valence-electron chi connectivity index (χ2n) is 5.97. The quantitative estimate of drug-likeness (QED) is 0.724. The van der Waals surface area contributed by atoms with Gasteiger partial charge in [0.05, 0.1) is 12.1 Å². The van der Waals surface area contributed by atoms with E-state index in [1.165, 1.54) is 0 Å². The van der Waals surface area contributed by atoms with Gasteiger partial charge in [0.15, 0.2) is 0 Å². The molecule has 0 atom stereocenters.